The first kappa shape index (κ1) is 22.7. The van der Waals surface area contributed by atoms with Gasteiger partial charge >= 0.3 is 12.3 Å². The van der Waals surface area contributed by atoms with Crippen molar-refractivity contribution in [3.8, 4) is 11.4 Å². The Bertz CT molecular complexity index is 1290. The Labute approximate surface area is 178 Å². The van der Waals surface area contributed by atoms with E-state index in [0.717, 1.165) is 36.6 Å². The van der Waals surface area contributed by atoms with Gasteiger partial charge in [-0.05, 0) is 30.3 Å². The van der Waals surface area contributed by atoms with Crippen LogP contribution < -0.4 is 10.1 Å². The van der Waals surface area contributed by atoms with Gasteiger partial charge in [0.05, 0.1) is 21.7 Å². The molecule has 0 unspecified atom stereocenters. The number of rotatable bonds is 5. The van der Waals surface area contributed by atoms with Crippen LogP contribution in [0.4, 0.5) is 29.3 Å². The molecule has 1 heterocycles. The standard InChI is InChI=1S/C18H13F3N4O6S/c1-32(29,30)14-4-2-3-11(9-14)23-17(26)31-15-10-22-24(16(15)18(19,20)21)12-5-7-13(8-6-12)25(27)28/h2-10H,1H3,(H,23,26). The van der Waals surface area contributed by atoms with Gasteiger partial charge in [0.15, 0.2) is 21.3 Å². The number of amides is 1. The summed E-state index contributed by atoms with van der Waals surface area (Å²) in [7, 11) is -3.58. The molecule has 0 fully saturated rings. The number of nitrogens with one attached hydrogen (secondary N) is 1. The number of carbonyl (C=O) groups is 1. The largest absolute Gasteiger partial charge is 0.437 e. The molecule has 0 saturated heterocycles. The molecule has 0 aliphatic heterocycles. The number of anilines is 1. The molecule has 168 valence electrons. The van der Waals surface area contributed by atoms with E-state index < -0.39 is 38.5 Å². The van der Waals surface area contributed by atoms with Gasteiger partial charge in [0.2, 0.25) is 0 Å². The predicted octanol–water partition coefficient (Wildman–Crippen LogP) is 3.81. The highest BCUT2D eigenvalue weighted by Gasteiger charge is 2.40. The van der Waals surface area contributed by atoms with E-state index in [4.69, 9.17) is 4.74 Å². The van der Waals surface area contributed by atoms with Crippen LogP contribution in [0, 0.1) is 10.1 Å². The summed E-state index contributed by atoms with van der Waals surface area (Å²) in [5, 5.41) is 16.5. The highest BCUT2D eigenvalue weighted by molar-refractivity contribution is 7.90. The van der Waals surface area contributed by atoms with Crippen LogP contribution in [0.15, 0.2) is 59.6 Å². The fraction of sp³-hybridized carbons (Fsp3) is 0.111. The van der Waals surface area contributed by atoms with Crippen LogP contribution >= 0.6 is 0 Å². The van der Waals surface area contributed by atoms with Gasteiger partial charge in [-0.2, -0.15) is 18.3 Å². The van der Waals surface area contributed by atoms with Crippen molar-refractivity contribution in [1.29, 1.82) is 0 Å². The van der Waals surface area contributed by atoms with E-state index in [1.54, 1.807) is 0 Å². The molecule has 3 aromatic rings. The summed E-state index contributed by atoms with van der Waals surface area (Å²) in [5.74, 6) is -0.923. The Morgan fingerprint density at radius 1 is 1.19 bits per heavy atom. The van der Waals surface area contributed by atoms with Gasteiger partial charge in [-0.1, -0.05) is 6.07 Å². The number of ether oxygens (including phenoxy) is 1. The first-order valence-corrected chi connectivity index (χ1v) is 10.4. The van der Waals surface area contributed by atoms with Gasteiger partial charge in [-0.25, -0.2) is 17.9 Å². The number of nitrogens with zero attached hydrogens (tertiary/aromatic N) is 3. The van der Waals surface area contributed by atoms with Gasteiger partial charge in [0.1, 0.15) is 0 Å². The number of nitro groups is 1. The average Bonchev–Trinajstić information content (AvgIpc) is 3.11. The zero-order chi connectivity index (χ0) is 23.7. The van der Waals surface area contributed by atoms with Gasteiger partial charge in [-0.15, -0.1) is 0 Å². The number of alkyl halides is 3. The van der Waals surface area contributed by atoms with Gasteiger partial charge < -0.3 is 4.74 Å². The molecule has 2 aromatic carbocycles. The summed E-state index contributed by atoms with van der Waals surface area (Å²) < 4.78 is 69.3. The molecule has 0 bridgehead atoms. The molecule has 1 amide bonds. The predicted molar refractivity (Wildman–Crippen MR) is 104 cm³/mol. The molecule has 14 heteroatoms. The monoisotopic (exact) mass is 470 g/mol. The minimum absolute atomic E-state index is 0.0192. The topological polar surface area (TPSA) is 133 Å². The third-order valence-corrected chi connectivity index (χ3v) is 5.13. The molecule has 1 aromatic heterocycles. The van der Waals surface area contributed by atoms with Crippen LogP contribution in [0.1, 0.15) is 5.69 Å². The molecule has 32 heavy (non-hydrogen) atoms. The molecular weight excluding hydrogens is 457 g/mol. The number of aromatic nitrogens is 2. The number of halogens is 3. The minimum Gasteiger partial charge on any atom is -0.406 e. The summed E-state index contributed by atoms with van der Waals surface area (Å²) in [6.45, 7) is 0. The fourth-order valence-corrected chi connectivity index (χ4v) is 3.29. The van der Waals surface area contributed by atoms with Crippen LogP contribution in [0.5, 0.6) is 5.75 Å². The number of carbonyl (C=O) groups excluding carboxylic acids is 1. The first-order chi connectivity index (χ1) is 14.9. The average molecular weight is 470 g/mol. The molecule has 0 spiro atoms. The van der Waals surface area contributed by atoms with Crippen molar-refractivity contribution < 1.29 is 36.0 Å². The maximum Gasteiger partial charge on any atom is 0.437 e. The number of nitro benzene ring substituents is 1. The molecule has 1 N–H and O–H groups in total. The lowest BCUT2D eigenvalue weighted by Gasteiger charge is -2.13. The van der Waals surface area contributed by atoms with Crippen LogP contribution in [-0.2, 0) is 16.0 Å². The van der Waals surface area contributed by atoms with E-state index in [0.29, 0.717) is 10.9 Å². The number of benzene rings is 2. The van der Waals surface area contributed by atoms with Crippen molar-refractivity contribution in [2.45, 2.75) is 11.1 Å². The third-order valence-electron chi connectivity index (χ3n) is 4.02. The maximum absolute atomic E-state index is 13.6. The summed E-state index contributed by atoms with van der Waals surface area (Å²) in [5.41, 5.74) is -1.93. The van der Waals surface area contributed by atoms with Crippen LogP contribution in [-0.4, -0.2) is 35.5 Å². The second-order valence-corrected chi connectivity index (χ2v) is 8.37. The maximum atomic E-state index is 13.6. The summed E-state index contributed by atoms with van der Waals surface area (Å²) >= 11 is 0. The van der Waals surface area contributed by atoms with Crippen molar-refractivity contribution in [3.05, 3.63) is 70.5 Å². The smallest absolute Gasteiger partial charge is 0.406 e. The molecule has 0 radical (unpaired) electrons. The van der Waals surface area contributed by atoms with Crippen LogP contribution in [0.25, 0.3) is 5.69 Å². The molecular formula is C18H13F3N4O6S. The quantitative estimate of drug-likeness (QED) is 0.443. The second-order valence-electron chi connectivity index (χ2n) is 6.36. The summed E-state index contributed by atoms with van der Waals surface area (Å²) in [6.07, 6.45) is -4.70. The summed E-state index contributed by atoms with van der Waals surface area (Å²) in [4.78, 5) is 22.0. The Balaban J connectivity index is 1.89. The van der Waals surface area contributed by atoms with E-state index in [2.05, 4.69) is 10.4 Å². The van der Waals surface area contributed by atoms with Gasteiger partial charge in [-0.3, -0.25) is 15.4 Å². The highest BCUT2D eigenvalue weighted by atomic mass is 32.2. The van der Waals surface area contributed by atoms with Crippen molar-refractivity contribution in [1.82, 2.24) is 9.78 Å². The molecule has 0 aliphatic carbocycles. The normalized spacial score (nSPS) is 11.8. The van der Waals surface area contributed by atoms with Crippen LogP contribution in [0.2, 0.25) is 0 Å². The molecule has 3 rings (SSSR count). The Morgan fingerprint density at radius 2 is 1.84 bits per heavy atom. The molecule has 0 atom stereocenters. The van der Waals surface area contributed by atoms with Crippen molar-refractivity contribution in [2.75, 3.05) is 11.6 Å². The Morgan fingerprint density at radius 3 is 2.41 bits per heavy atom. The fourth-order valence-electron chi connectivity index (χ4n) is 2.63. The SMILES string of the molecule is CS(=O)(=O)c1cccc(NC(=O)Oc2cnn(-c3ccc([N+](=O)[O-])cc3)c2C(F)(F)F)c1. The zero-order valence-electron chi connectivity index (χ0n) is 16.0. The Hall–Kier alpha value is -3.94. The molecule has 10 nitrogen and oxygen atoms in total. The number of non-ortho nitro benzene ring substituents is 1. The van der Waals surface area contributed by atoms with Crippen molar-refractivity contribution in [3.63, 3.8) is 0 Å². The van der Waals surface area contributed by atoms with Crippen molar-refractivity contribution in [2.24, 2.45) is 0 Å². The molecule has 0 saturated carbocycles. The van der Waals surface area contributed by atoms with Crippen molar-refractivity contribution >= 4 is 27.3 Å². The van der Waals surface area contributed by atoms with E-state index in [1.807, 2.05) is 0 Å². The first-order valence-electron chi connectivity index (χ1n) is 8.55. The van der Waals surface area contributed by atoms with Gasteiger partial charge in [0.25, 0.3) is 5.69 Å². The molecule has 0 aliphatic rings. The zero-order valence-corrected chi connectivity index (χ0v) is 16.8. The number of hydrogen-bond donors (Lipinski definition) is 1. The lowest BCUT2D eigenvalue weighted by Crippen LogP contribution is -2.20. The lowest BCUT2D eigenvalue weighted by atomic mass is 10.2. The van der Waals surface area contributed by atoms with E-state index >= 15 is 0 Å². The minimum atomic E-state index is -5.00. The number of sulfone groups is 1. The third kappa shape index (κ3) is 5.03. The van der Waals surface area contributed by atoms with E-state index in [9.17, 15) is 36.5 Å². The van der Waals surface area contributed by atoms with E-state index in [-0.39, 0.29) is 22.0 Å². The number of hydrogen-bond acceptors (Lipinski definition) is 7. The Kier molecular flexibility index (Phi) is 5.90. The lowest BCUT2D eigenvalue weighted by molar-refractivity contribution is -0.384. The van der Waals surface area contributed by atoms with Crippen LogP contribution in [0.3, 0.4) is 0 Å². The second kappa shape index (κ2) is 8.30. The van der Waals surface area contributed by atoms with E-state index in [1.165, 1.54) is 18.2 Å². The summed E-state index contributed by atoms with van der Waals surface area (Å²) in [6, 6.07) is 9.16. The highest BCUT2D eigenvalue weighted by Crippen LogP contribution is 2.38. The van der Waals surface area contributed by atoms with Gasteiger partial charge in [0, 0.05) is 24.1 Å².